The summed E-state index contributed by atoms with van der Waals surface area (Å²) in [5.41, 5.74) is 6.69. The van der Waals surface area contributed by atoms with E-state index < -0.39 is 5.91 Å². The van der Waals surface area contributed by atoms with Gasteiger partial charge < -0.3 is 15.6 Å². The molecule has 3 rings (SSSR count). The number of nitrogens with one attached hydrogen (secondary N) is 1. The van der Waals surface area contributed by atoms with Crippen LogP contribution in [-0.4, -0.2) is 17.0 Å². The highest BCUT2D eigenvalue weighted by molar-refractivity contribution is 7.13. The monoisotopic (exact) mass is 327 g/mol. The first-order valence-corrected chi connectivity index (χ1v) is 7.69. The van der Waals surface area contributed by atoms with Crippen molar-refractivity contribution >= 4 is 28.8 Å². The summed E-state index contributed by atoms with van der Waals surface area (Å²) in [5.74, 6) is -0.0805. The van der Waals surface area contributed by atoms with E-state index in [0.29, 0.717) is 22.7 Å². The molecule has 0 saturated heterocycles. The van der Waals surface area contributed by atoms with Crippen molar-refractivity contribution in [1.82, 2.24) is 5.16 Å². The van der Waals surface area contributed by atoms with Gasteiger partial charge in [0.05, 0.1) is 17.0 Å². The zero-order valence-corrected chi connectivity index (χ0v) is 12.8. The van der Waals surface area contributed by atoms with E-state index in [1.807, 2.05) is 17.5 Å². The number of amides is 2. The van der Waals surface area contributed by atoms with Crippen LogP contribution in [0.1, 0.15) is 16.1 Å². The minimum absolute atomic E-state index is 0.104. The van der Waals surface area contributed by atoms with Gasteiger partial charge in [0, 0.05) is 17.3 Å². The number of nitrogens with zero attached hydrogens (tertiary/aromatic N) is 1. The second kappa shape index (κ2) is 6.45. The van der Waals surface area contributed by atoms with Crippen molar-refractivity contribution in [2.24, 2.45) is 5.73 Å². The molecule has 0 radical (unpaired) electrons. The molecular weight excluding hydrogens is 314 g/mol. The van der Waals surface area contributed by atoms with Crippen LogP contribution in [0.3, 0.4) is 0 Å². The molecule has 0 unspecified atom stereocenters. The number of aromatic nitrogens is 1. The smallest absolute Gasteiger partial charge is 0.248 e. The summed E-state index contributed by atoms with van der Waals surface area (Å²) in [7, 11) is 0. The fourth-order valence-corrected chi connectivity index (χ4v) is 2.69. The summed E-state index contributed by atoms with van der Waals surface area (Å²) in [5, 5.41) is 8.58. The third-order valence-corrected chi connectivity index (χ3v) is 4.00. The lowest BCUT2D eigenvalue weighted by atomic mass is 10.2. The first-order chi connectivity index (χ1) is 11.1. The van der Waals surface area contributed by atoms with Crippen LogP contribution < -0.4 is 11.1 Å². The second-order valence-corrected chi connectivity index (χ2v) is 5.77. The van der Waals surface area contributed by atoms with E-state index in [1.165, 1.54) is 0 Å². The topological polar surface area (TPSA) is 98.2 Å². The lowest BCUT2D eigenvalue weighted by Gasteiger charge is -2.04. The summed E-state index contributed by atoms with van der Waals surface area (Å²) in [4.78, 5) is 24.0. The Balaban J connectivity index is 1.62. The number of carbonyl (C=O) groups excluding carboxylic acids is 2. The van der Waals surface area contributed by atoms with Gasteiger partial charge in [0.1, 0.15) is 0 Å². The Morgan fingerprint density at radius 3 is 2.65 bits per heavy atom. The van der Waals surface area contributed by atoms with Crippen LogP contribution in [0.4, 0.5) is 5.69 Å². The Bertz CT molecular complexity index is 823. The molecule has 0 aliphatic rings. The highest BCUT2D eigenvalue weighted by Gasteiger charge is 2.11. The van der Waals surface area contributed by atoms with E-state index in [2.05, 4.69) is 10.5 Å². The molecule has 0 aliphatic heterocycles. The summed E-state index contributed by atoms with van der Waals surface area (Å²) in [6.07, 6.45) is 0.104. The second-order valence-electron chi connectivity index (χ2n) is 4.83. The maximum atomic E-state index is 12.0. The Labute approximate surface area is 135 Å². The summed E-state index contributed by atoms with van der Waals surface area (Å²) >= 11 is 1.54. The first-order valence-electron chi connectivity index (χ1n) is 6.81. The van der Waals surface area contributed by atoms with E-state index in [1.54, 1.807) is 41.7 Å². The summed E-state index contributed by atoms with van der Waals surface area (Å²) in [6, 6.07) is 12.0. The zero-order valence-electron chi connectivity index (χ0n) is 12.0. The zero-order chi connectivity index (χ0) is 16.2. The van der Waals surface area contributed by atoms with Gasteiger partial charge in [-0.2, -0.15) is 0 Å². The van der Waals surface area contributed by atoms with Crippen molar-refractivity contribution in [1.29, 1.82) is 0 Å². The van der Waals surface area contributed by atoms with E-state index in [0.717, 1.165) is 4.88 Å². The first kappa shape index (κ1) is 15.0. The standard InChI is InChI=1S/C16H13N3O3S/c17-16(21)10-3-5-11(6-4-10)18-15(20)9-12-8-13(22-19-12)14-2-1-7-23-14/h1-8H,9H2,(H2,17,21)(H,18,20). The average molecular weight is 327 g/mol. The fourth-order valence-electron chi connectivity index (χ4n) is 2.02. The summed E-state index contributed by atoms with van der Waals surface area (Å²) in [6.45, 7) is 0. The number of carbonyl (C=O) groups is 2. The molecule has 0 spiro atoms. The van der Waals surface area contributed by atoms with E-state index in [9.17, 15) is 9.59 Å². The van der Waals surface area contributed by atoms with Crippen molar-refractivity contribution in [2.45, 2.75) is 6.42 Å². The van der Waals surface area contributed by atoms with Gasteiger partial charge in [-0.05, 0) is 35.7 Å². The SMILES string of the molecule is NC(=O)c1ccc(NC(=O)Cc2cc(-c3cccs3)on2)cc1. The highest BCUT2D eigenvalue weighted by atomic mass is 32.1. The highest BCUT2D eigenvalue weighted by Crippen LogP contribution is 2.25. The molecule has 3 N–H and O–H groups in total. The molecule has 7 heteroatoms. The molecule has 0 atom stereocenters. The normalized spacial score (nSPS) is 10.4. The summed E-state index contributed by atoms with van der Waals surface area (Å²) < 4.78 is 5.23. The van der Waals surface area contributed by atoms with Crippen LogP contribution in [0.5, 0.6) is 0 Å². The number of primary amides is 1. The Morgan fingerprint density at radius 2 is 2.00 bits per heavy atom. The number of nitrogens with two attached hydrogens (primary N) is 1. The molecule has 0 saturated carbocycles. The number of thiophene rings is 1. The maximum absolute atomic E-state index is 12.0. The molecule has 6 nitrogen and oxygen atoms in total. The van der Waals surface area contributed by atoms with Gasteiger partial charge >= 0.3 is 0 Å². The van der Waals surface area contributed by atoms with Gasteiger partial charge in [-0.25, -0.2) is 0 Å². The van der Waals surface area contributed by atoms with Crippen LogP contribution in [0, 0.1) is 0 Å². The van der Waals surface area contributed by atoms with E-state index in [-0.39, 0.29) is 12.3 Å². The molecular formula is C16H13N3O3S. The third kappa shape index (κ3) is 3.64. The quantitative estimate of drug-likeness (QED) is 0.752. The molecule has 23 heavy (non-hydrogen) atoms. The minimum Gasteiger partial charge on any atom is -0.366 e. The van der Waals surface area contributed by atoms with E-state index >= 15 is 0 Å². The molecule has 116 valence electrons. The van der Waals surface area contributed by atoms with E-state index in [4.69, 9.17) is 10.3 Å². The average Bonchev–Trinajstić information content (AvgIpc) is 3.18. The maximum Gasteiger partial charge on any atom is 0.248 e. The molecule has 0 bridgehead atoms. The molecule has 0 aliphatic carbocycles. The predicted molar refractivity (Wildman–Crippen MR) is 87.1 cm³/mol. The molecule has 2 heterocycles. The number of anilines is 1. The number of hydrogen-bond acceptors (Lipinski definition) is 5. The largest absolute Gasteiger partial charge is 0.366 e. The van der Waals surface area contributed by atoms with Gasteiger partial charge in [0.2, 0.25) is 11.8 Å². The lowest BCUT2D eigenvalue weighted by molar-refractivity contribution is -0.115. The fraction of sp³-hybridized carbons (Fsp3) is 0.0625. The number of hydrogen-bond donors (Lipinski definition) is 2. The molecule has 2 amide bonds. The van der Waals surface area contributed by atoms with Gasteiger partial charge in [0.25, 0.3) is 0 Å². The van der Waals surface area contributed by atoms with Crippen molar-refractivity contribution in [3.8, 4) is 10.6 Å². The number of rotatable bonds is 5. The van der Waals surface area contributed by atoms with Crippen molar-refractivity contribution in [3.05, 3.63) is 59.1 Å². The lowest BCUT2D eigenvalue weighted by Crippen LogP contribution is -2.15. The number of benzene rings is 1. The van der Waals surface area contributed by atoms with Crippen LogP contribution in [-0.2, 0) is 11.2 Å². The Morgan fingerprint density at radius 1 is 1.22 bits per heavy atom. The van der Waals surface area contributed by atoms with Crippen molar-refractivity contribution < 1.29 is 14.1 Å². The predicted octanol–water partition coefficient (Wildman–Crippen LogP) is 2.68. The molecule has 3 aromatic rings. The van der Waals surface area contributed by atoms with Gasteiger partial charge in [-0.3, -0.25) is 9.59 Å². The van der Waals surface area contributed by atoms with Crippen LogP contribution in [0.2, 0.25) is 0 Å². The Hall–Kier alpha value is -2.93. The molecule has 0 fully saturated rings. The van der Waals surface area contributed by atoms with Gasteiger partial charge in [-0.1, -0.05) is 11.2 Å². The molecule has 2 aromatic heterocycles. The van der Waals surface area contributed by atoms with Crippen LogP contribution in [0.25, 0.3) is 10.6 Å². The molecule has 1 aromatic carbocycles. The van der Waals surface area contributed by atoms with Crippen molar-refractivity contribution in [2.75, 3.05) is 5.32 Å². The van der Waals surface area contributed by atoms with Crippen LogP contribution >= 0.6 is 11.3 Å². The Kier molecular flexibility index (Phi) is 4.20. The van der Waals surface area contributed by atoms with Gasteiger partial charge in [0.15, 0.2) is 5.76 Å². The van der Waals surface area contributed by atoms with Crippen LogP contribution in [0.15, 0.2) is 52.4 Å². The van der Waals surface area contributed by atoms with Crippen molar-refractivity contribution in [3.63, 3.8) is 0 Å². The van der Waals surface area contributed by atoms with Gasteiger partial charge in [-0.15, -0.1) is 11.3 Å². The third-order valence-electron chi connectivity index (χ3n) is 3.12. The minimum atomic E-state index is -0.508.